The summed E-state index contributed by atoms with van der Waals surface area (Å²) in [5.74, 6) is 0.742. The minimum Gasteiger partial charge on any atom is -0.488 e. The van der Waals surface area contributed by atoms with Gasteiger partial charge in [0.15, 0.2) is 9.84 Å². The summed E-state index contributed by atoms with van der Waals surface area (Å²) in [4.78, 5) is 0.299. The van der Waals surface area contributed by atoms with Gasteiger partial charge in [0.05, 0.1) is 4.90 Å². The van der Waals surface area contributed by atoms with Crippen molar-refractivity contribution in [1.82, 2.24) is 0 Å². The molecule has 4 heteroatoms. The van der Waals surface area contributed by atoms with E-state index in [4.69, 9.17) is 4.74 Å². The first-order valence-corrected chi connectivity index (χ1v) is 10.1. The highest BCUT2D eigenvalue weighted by Gasteiger charge is 2.11. The molecule has 0 aliphatic heterocycles. The summed E-state index contributed by atoms with van der Waals surface area (Å²) in [7, 11) is -3.22. The van der Waals surface area contributed by atoms with E-state index in [9.17, 15) is 8.42 Å². The number of hydrogen-bond donors (Lipinski definition) is 0. The molecular formula is C22H20O3S. The Bertz CT molecular complexity index is 1010. The Balaban J connectivity index is 1.95. The zero-order valence-corrected chi connectivity index (χ0v) is 15.4. The fraction of sp³-hybridized carbons (Fsp3) is 0.0909. The van der Waals surface area contributed by atoms with Gasteiger partial charge in [0.25, 0.3) is 0 Å². The van der Waals surface area contributed by atoms with Crippen LogP contribution < -0.4 is 4.74 Å². The molecule has 0 heterocycles. The molecule has 0 bridgehead atoms. The largest absolute Gasteiger partial charge is 0.488 e. The van der Waals surface area contributed by atoms with Gasteiger partial charge in [-0.3, -0.25) is 0 Å². The second-order valence-electron chi connectivity index (χ2n) is 6.03. The minimum absolute atomic E-state index is 0.299. The highest BCUT2D eigenvalue weighted by molar-refractivity contribution is 7.90. The van der Waals surface area contributed by atoms with E-state index in [2.05, 4.69) is 6.58 Å². The van der Waals surface area contributed by atoms with E-state index in [1.54, 1.807) is 30.3 Å². The van der Waals surface area contributed by atoms with Crippen LogP contribution in [0.2, 0.25) is 0 Å². The lowest BCUT2D eigenvalue weighted by Crippen LogP contribution is -1.98. The Morgan fingerprint density at radius 3 is 2.27 bits per heavy atom. The van der Waals surface area contributed by atoms with Gasteiger partial charge < -0.3 is 4.74 Å². The molecule has 132 valence electrons. The van der Waals surface area contributed by atoms with E-state index < -0.39 is 9.84 Å². The summed E-state index contributed by atoms with van der Waals surface area (Å²) in [6, 6.07) is 22.6. The maximum absolute atomic E-state index is 11.7. The van der Waals surface area contributed by atoms with Crippen molar-refractivity contribution >= 4 is 15.9 Å². The van der Waals surface area contributed by atoms with Crippen molar-refractivity contribution in [2.75, 3.05) is 6.26 Å². The molecule has 3 nitrogen and oxygen atoms in total. The standard InChI is InChI=1S/C22H20O3S/c1-3-17-9-14-22(25-16-18-7-5-4-6-8-18)21(15-17)19-10-12-20(13-11-19)26(2,23)24/h3-15H,1,16H2,2H3. The lowest BCUT2D eigenvalue weighted by atomic mass is 10.0. The molecule has 26 heavy (non-hydrogen) atoms. The number of hydrogen-bond acceptors (Lipinski definition) is 3. The predicted molar refractivity (Wildman–Crippen MR) is 106 cm³/mol. The van der Waals surface area contributed by atoms with Gasteiger partial charge in [-0.1, -0.05) is 61.2 Å². The smallest absolute Gasteiger partial charge is 0.175 e. The van der Waals surface area contributed by atoms with E-state index >= 15 is 0 Å². The molecule has 0 aliphatic rings. The van der Waals surface area contributed by atoms with Gasteiger partial charge in [-0.25, -0.2) is 8.42 Å². The third-order valence-corrected chi connectivity index (χ3v) is 5.20. The molecule has 0 unspecified atom stereocenters. The van der Waals surface area contributed by atoms with Crippen molar-refractivity contribution in [3.63, 3.8) is 0 Å². The highest BCUT2D eigenvalue weighted by atomic mass is 32.2. The molecule has 0 amide bonds. The second kappa shape index (κ2) is 7.58. The maximum Gasteiger partial charge on any atom is 0.175 e. The zero-order chi connectivity index (χ0) is 18.6. The molecule has 3 aromatic rings. The Labute approximate surface area is 154 Å². The van der Waals surface area contributed by atoms with Crippen molar-refractivity contribution in [1.29, 1.82) is 0 Å². The molecular weight excluding hydrogens is 344 g/mol. The third kappa shape index (κ3) is 4.21. The minimum atomic E-state index is -3.22. The van der Waals surface area contributed by atoms with Crippen LogP contribution in [0.25, 0.3) is 17.2 Å². The molecule has 3 rings (SSSR count). The van der Waals surface area contributed by atoms with Crippen LogP contribution in [-0.2, 0) is 16.4 Å². The van der Waals surface area contributed by atoms with Crippen LogP contribution in [0.5, 0.6) is 5.75 Å². The van der Waals surface area contributed by atoms with E-state index in [0.29, 0.717) is 11.5 Å². The van der Waals surface area contributed by atoms with Crippen LogP contribution in [0.3, 0.4) is 0 Å². The molecule has 0 aromatic heterocycles. The van der Waals surface area contributed by atoms with Gasteiger partial charge in [0, 0.05) is 11.8 Å². The second-order valence-corrected chi connectivity index (χ2v) is 8.05. The van der Waals surface area contributed by atoms with E-state index in [1.165, 1.54) is 6.26 Å². The average Bonchev–Trinajstić information content (AvgIpc) is 2.66. The zero-order valence-electron chi connectivity index (χ0n) is 14.6. The van der Waals surface area contributed by atoms with Gasteiger partial charge >= 0.3 is 0 Å². The van der Waals surface area contributed by atoms with Crippen LogP contribution in [0.15, 0.2) is 84.3 Å². The number of benzene rings is 3. The number of sulfone groups is 1. The normalized spacial score (nSPS) is 11.1. The fourth-order valence-electron chi connectivity index (χ4n) is 2.64. The summed E-state index contributed by atoms with van der Waals surface area (Å²) in [5.41, 5.74) is 3.85. The Kier molecular flexibility index (Phi) is 5.24. The fourth-order valence-corrected chi connectivity index (χ4v) is 3.27. The molecule has 0 saturated heterocycles. The van der Waals surface area contributed by atoms with Gasteiger partial charge in [-0.05, 0) is 41.0 Å². The lowest BCUT2D eigenvalue weighted by molar-refractivity contribution is 0.307. The monoisotopic (exact) mass is 364 g/mol. The summed E-state index contributed by atoms with van der Waals surface area (Å²) < 4.78 is 29.4. The first-order chi connectivity index (χ1) is 12.5. The maximum atomic E-state index is 11.7. The van der Waals surface area contributed by atoms with Crippen molar-refractivity contribution in [3.05, 3.63) is 90.5 Å². The van der Waals surface area contributed by atoms with Crippen molar-refractivity contribution < 1.29 is 13.2 Å². The Morgan fingerprint density at radius 1 is 0.962 bits per heavy atom. The van der Waals surface area contributed by atoms with Crippen LogP contribution >= 0.6 is 0 Å². The van der Waals surface area contributed by atoms with Crippen LogP contribution in [0.1, 0.15) is 11.1 Å². The molecule has 0 N–H and O–H groups in total. The summed E-state index contributed by atoms with van der Waals surface area (Å²) in [6.07, 6.45) is 2.98. The molecule has 0 saturated carbocycles. The molecule has 0 fully saturated rings. The SMILES string of the molecule is C=Cc1ccc(OCc2ccccc2)c(-c2ccc(S(C)(=O)=O)cc2)c1. The van der Waals surface area contributed by atoms with Crippen molar-refractivity contribution in [2.24, 2.45) is 0 Å². The van der Waals surface area contributed by atoms with Crippen LogP contribution in [0, 0.1) is 0 Å². The molecule has 0 spiro atoms. The summed E-state index contributed by atoms with van der Waals surface area (Å²) in [5, 5.41) is 0. The summed E-state index contributed by atoms with van der Waals surface area (Å²) >= 11 is 0. The lowest BCUT2D eigenvalue weighted by Gasteiger charge is -2.13. The Morgan fingerprint density at radius 2 is 1.65 bits per heavy atom. The van der Waals surface area contributed by atoms with Gasteiger partial charge in [-0.2, -0.15) is 0 Å². The van der Waals surface area contributed by atoms with Crippen LogP contribution in [-0.4, -0.2) is 14.7 Å². The molecule has 0 aliphatic carbocycles. The molecule has 0 atom stereocenters. The quantitative estimate of drug-likeness (QED) is 0.620. The van der Waals surface area contributed by atoms with Crippen LogP contribution in [0.4, 0.5) is 0 Å². The molecule has 3 aromatic carbocycles. The molecule has 0 radical (unpaired) electrons. The van der Waals surface area contributed by atoms with E-state index in [1.807, 2.05) is 48.5 Å². The van der Waals surface area contributed by atoms with Crippen molar-refractivity contribution in [3.8, 4) is 16.9 Å². The first-order valence-electron chi connectivity index (χ1n) is 8.21. The van der Waals surface area contributed by atoms with E-state index in [-0.39, 0.29) is 0 Å². The first kappa shape index (κ1) is 18.0. The predicted octanol–water partition coefficient (Wildman–Crippen LogP) is 4.98. The Hall–Kier alpha value is -2.85. The summed E-state index contributed by atoms with van der Waals surface area (Å²) in [6.45, 7) is 4.28. The highest BCUT2D eigenvalue weighted by Crippen LogP contribution is 2.32. The number of ether oxygens (including phenoxy) is 1. The van der Waals surface area contributed by atoms with Crippen molar-refractivity contribution in [2.45, 2.75) is 11.5 Å². The van der Waals surface area contributed by atoms with Gasteiger partial charge in [0.1, 0.15) is 12.4 Å². The van der Waals surface area contributed by atoms with Gasteiger partial charge in [0.2, 0.25) is 0 Å². The third-order valence-electron chi connectivity index (χ3n) is 4.07. The average molecular weight is 364 g/mol. The number of rotatable bonds is 6. The topological polar surface area (TPSA) is 43.4 Å². The van der Waals surface area contributed by atoms with Gasteiger partial charge in [-0.15, -0.1) is 0 Å². The van der Waals surface area contributed by atoms with E-state index in [0.717, 1.165) is 28.0 Å².